The Morgan fingerprint density at radius 2 is 1.92 bits per heavy atom. The van der Waals surface area contributed by atoms with E-state index in [9.17, 15) is 8.78 Å². The van der Waals surface area contributed by atoms with Crippen LogP contribution in [0.25, 0.3) is 11.4 Å². The Hall–Kier alpha value is -2.29. The predicted octanol–water partition coefficient (Wildman–Crippen LogP) is 5.40. The molecule has 1 aromatic heterocycles. The van der Waals surface area contributed by atoms with E-state index in [1.54, 1.807) is 30.3 Å². The van der Waals surface area contributed by atoms with Crippen molar-refractivity contribution in [2.24, 2.45) is 5.10 Å². The van der Waals surface area contributed by atoms with Crippen LogP contribution in [0.15, 0.2) is 47.6 Å². The average Bonchev–Trinajstić information content (AvgIpc) is 2.95. The fourth-order valence-corrected chi connectivity index (χ4v) is 2.73. The van der Waals surface area contributed by atoms with Crippen molar-refractivity contribution >= 4 is 41.6 Å². The number of aromatic nitrogens is 3. The first-order valence-corrected chi connectivity index (χ1v) is 8.32. The largest absolute Gasteiger partial charge is 0.435 e. The summed E-state index contributed by atoms with van der Waals surface area (Å²) in [5, 5.41) is 12.0. The van der Waals surface area contributed by atoms with Gasteiger partial charge in [0.1, 0.15) is 5.75 Å². The highest BCUT2D eigenvalue weighted by Crippen LogP contribution is 2.23. The van der Waals surface area contributed by atoms with Crippen molar-refractivity contribution in [3.8, 4) is 17.1 Å². The van der Waals surface area contributed by atoms with Crippen molar-refractivity contribution in [3.63, 3.8) is 0 Å². The highest BCUT2D eigenvalue weighted by molar-refractivity contribution is 7.71. The molecule has 0 bridgehead atoms. The summed E-state index contributed by atoms with van der Waals surface area (Å²) in [5.74, 6) is 0.445. The Kier molecular flexibility index (Phi) is 5.65. The second-order valence-electron chi connectivity index (χ2n) is 4.98. The number of H-pyrrole nitrogens is 1. The Morgan fingerprint density at radius 3 is 2.58 bits per heavy atom. The summed E-state index contributed by atoms with van der Waals surface area (Å²) in [5.41, 5.74) is 1.25. The molecule has 0 amide bonds. The molecule has 0 unspecified atom stereocenters. The third-order valence-corrected chi connectivity index (χ3v) is 4.09. The molecule has 0 aliphatic rings. The van der Waals surface area contributed by atoms with Crippen molar-refractivity contribution in [1.29, 1.82) is 0 Å². The van der Waals surface area contributed by atoms with Gasteiger partial charge < -0.3 is 4.74 Å². The molecule has 1 N–H and O–H groups in total. The molecule has 134 valence electrons. The first-order valence-electron chi connectivity index (χ1n) is 7.16. The van der Waals surface area contributed by atoms with Crippen LogP contribution < -0.4 is 4.74 Å². The standard InChI is InChI=1S/C16H10Cl2F2N4OS/c17-11-4-1-10(13(18)7-11)8-21-24-14(22-23-16(24)26)9-2-5-12(6-3-9)25-15(19)20/h1-8,15H,(H,23,26). The lowest BCUT2D eigenvalue weighted by Gasteiger charge is -2.05. The fourth-order valence-electron chi connectivity index (χ4n) is 2.10. The summed E-state index contributed by atoms with van der Waals surface area (Å²) in [4.78, 5) is 0. The highest BCUT2D eigenvalue weighted by Gasteiger charge is 2.10. The summed E-state index contributed by atoms with van der Waals surface area (Å²) >= 11 is 17.2. The van der Waals surface area contributed by atoms with Gasteiger partial charge in [0.15, 0.2) is 5.82 Å². The quantitative estimate of drug-likeness (QED) is 0.449. The number of aromatic amines is 1. The zero-order chi connectivity index (χ0) is 18.7. The van der Waals surface area contributed by atoms with Gasteiger partial charge in [0.2, 0.25) is 4.77 Å². The zero-order valence-corrected chi connectivity index (χ0v) is 15.2. The van der Waals surface area contributed by atoms with E-state index < -0.39 is 6.61 Å². The van der Waals surface area contributed by atoms with E-state index in [0.29, 0.717) is 27.0 Å². The third-order valence-electron chi connectivity index (χ3n) is 3.26. The Labute approximate surface area is 161 Å². The molecule has 0 aliphatic heterocycles. The molecule has 26 heavy (non-hydrogen) atoms. The molecule has 1 heterocycles. The first-order chi connectivity index (χ1) is 12.4. The minimum atomic E-state index is -2.89. The van der Waals surface area contributed by atoms with Gasteiger partial charge in [0.25, 0.3) is 0 Å². The van der Waals surface area contributed by atoms with Crippen LogP contribution in [-0.2, 0) is 0 Å². The van der Waals surface area contributed by atoms with E-state index in [2.05, 4.69) is 20.0 Å². The van der Waals surface area contributed by atoms with E-state index in [4.69, 9.17) is 35.4 Å². The molecule has 3 aromatic rings. The minimum absolute atomic E-state index is 0.0425. The molecule has 0 saturated carbocycles. The van der Waals surface area contributed by atoms with Gasteiger partial charge in [0.05, 0.1) is 11.2 Å². The summed E-state index contributed by atoms with van der Waals surface area (Å²) < 4.78 is 30.4. The number of alkyl halides is 2. The van der Waals surface area contributed by atoms with Crippen LogP contribution in [0.4, 0.5) is 8.78 Å². The molecule has 0 radical (unpaired) electrons. The van der Waals surface area contributed by atoms with Gasteiger partial charge >= 0.3 is 6.61 Å². The molecule has 2 aromatic carbocycles. The number of nitrogens with one attached hydrogen (secondary N) is 1. The van der Waals surface area contributed by atoms with Gasteiger partial charge in [-0.25, -0.2) is 5.10 Å². The molecular formula is C16H10Cl2F2N4OS. The highest BCUT2D eigenvalue weighted by atomic mass is 35.5. The number of nitrogens with zero attached hydrogens (tertiary/aromatic N) is 3. The van der Waals surface area contributed by atoms with E-state index in [0.717, 1.165) is 0 Å². The average molecular weight is 415 g/mol. The van der Waals surface area contributed by atoms with Gasteiger partial charge in [-0.1, -0.05) is 29.3 Å². The van der Waals surface area contributed by atoms with E-state index in [-0.39, 0.29) is 10.5 Å². The summed E-state index contributed by atoms with van der Waals surface area (Å²) in [6.07, 6.45) is 1.52. The molecule has 0 spiro atoms. The number of hydrogen-bond donors (Lipinski definition) is 1. The van der Waals surface area contributed by atoms with Crippen LogP contribution in [0.1, 0.15) is 5.56 Å². The Bertz CT molecular complexity index is 1000. The molecule has 0 saturated heterocycles. The second-order valence-corrected chi connectivity index (χ2v) is 6.21. The predicted molar refractivity (Wildman–Crippen MR) is 98.9 cm³/mol. The number of hydrogen-bond acceptors (Lipinski definition) is 4. The van der Waals surface area contributed by atoms with Crippen LogP contribution in [0.5, 0.6) is 5.75 Å². The summed E-state index contributed by atoms with van der Waals surface area (Å²) in [6.45, 7) is -2.89. The lowest BCUT2D eigenvalue weighted by Crippen LogP contribution is -2.01. The van der Waals surface area contributed by atoms with Crippen LogP contribution in [0.3, 0.4) is 0 Å². The van der Waals surface area contributed by atoms with Gasteiger partial charge in [-0.3, -0.25) is 0 Å². The Morgan fingerprint density at radius 1 is 1.19 bits per heavy atom. The lowest BCUT2D eigenvalue weighted by molar-refractivity contribution is -0.0498. The maximum atomic E-state index is 12.2. The zero-order valence-electron chi connectivity index (χ0n) is 12.9. The molecular weight excluding hydrogens is 405 g/mol. The SMILES string of the molecule is FC(F)Oc1ccc(-c2n[nH]c(=S)n2N=Cc2ccc(Cl)cc2Cl)cc1. The topological polar surface area (TPSA) is 55.2 Å². The molecule has 0 fully saturated rings. The maximum absolute atomic E-state index is 12.2. The van der Waals surface area contributed by atoms with Gasteiger partial charge in [-0.15, -0.1) is 0 Å². The van der Waals surface area contributed by atoms with Crippen molar-refractivity contribution in [2.45, 2.75) is 6.61 Å². The van der Waals surface area contributed by atoms with Gasteiger partial charge in [0, 0.05) is 16.1 Å². The molecule has 10 heteroatoms. The molecule has 0 atom stereocenters. The van der Waals surface area contributed by atoms with Crippen molar-refractivity contribution in [1.82, 2.24) is 14.9 Å². The number of halogens is 4. The summed E-state index contributed by atoms with van der Waals surface area (Å²) in [7, 11) is 0. The van der Waals surface area contributed by atoms with Crippen LogP contribution >= 0.6 is 35.4 Å². The minimum Gasteiger partial charge on any atom is -0.435 e. The number of rotatable bonds is 5. The fraction of sp³-hybridized carbons (Fsp3) is 0.0625. The Balaban J connectivity index is 1.91. The van der Waals surface area contributed by atoms with E-state index >= 15 is 0 Å². The van der Waals surface area contributed by atoms with Gasteiger partial charge in [-0.2, -0.15) is 23.7 Å². The van der Waals surface area contributed by atoms with Crippen molar-refractivity contribution < 1.29 is 13.5 Å². The number of benzene rings is 2. The molecule has 0 aliphatic carbocycles. The van der Waals surface area contributed by atoms with Crippen LogP contribution in [0.2, 0.25) is 10.0 Å². The van der Waals surface area contributed by atoms with Crippen LogP contribution in [-0.4, -0.2) is 27.7 Å². The lowest BCUT2D eigenvalue weighted by atomic mass is 10.2. The smallest absolute Gasteiger partial charge is 0.387 e. The normalized spacial score (nSPS) is 11.4. The van der Waals surface area contributed by atoms with Gasteiger partial charge in [-0.05, 0) is 48.6 Å². The maximum Gasteiger partial charge on any atom is 0.387 e. The van der Waals surface area contributed by atoms with E-state index in [1.807, 2.05) is 0 Å². The van der Waals surface area contributed by atoms with Crippen molar-refractivity contribution in [3.05, 3.63) is 62.8 Å². The number of ether oxygens (including phenoxy) is 1. The third kappa shape index (κ3) is 4.27. The van der Waals surface area contributed by atoms with Crippen molar-refractivity contribution in [2.75, 3.05) is 0 Å². The monoisotopic (exact) mass is 414 g/mol. The molecule has 3 rings (SSSR count). The van der Waals surface area contributed by atoms with E-state index in [1.165, 1.54) is 23.0 Å². The summed E-state index contributed by atoms with van der Waals surface area (Å²) in [6, 6.07) is 11.0. The second kappa shape index (κ2) is 7.94. The van der Waals surface area contributed by atoms with Crippen LogP contribution in [0, 0.1) is 4.77 Å². The molecule has 5 nitrogen and oxygen atoms in total. The first kappa shape index (κ1) is 18.5.